The Kier molecular flexibility index (Phi) is 2.59. The van der Waals surface area contributed by atoms with Gasteiger partial charge in [-0.1, -0.05) is 19.1 Å². The van der Waals surface area contributed by atoms with Crippen LogP contribution in [0.3, 0.4) is 0 Å². The second kappa shape index (κ2) is 3.79. The summed E-state index contributed by atoms with van der Waals surface area (Å²) in [6.07, 6.45) is 0.749. The van der Waals surface area contributed by atoms with Gasteiger partial charge in [-0.15, -0.1) is 0 Å². The number of hydrogen-bond acceptors (Lipinski definition) is 4. The molecule has 2 rings (SSSR count). The molecule has 1 aromatic carbocycles. The normalized spacial score (nSPS) is 23.1. The number of nitrogens with two attached hydrogens (primary N) is 1. The fourth-order valence-corrected chi connectivity index (χ4v) is 1.81. The van der Waals surface area contributed by atoms with E-state index in [4.69, 9.17) is 5.73 Å². The molecule has 1 heterocycles. The average Bonchev–Trinajstić information content (AvgIpc) is 2.28. The number of nitrogens with one attached hydrogen (secondary N) is 1. The van der Waals surface area contributed by atoms with Crippen molar-refractivity contribution in [2.24, 2.45) is 10.7 Å². The lowest BCUT2D eigenvalue weighted by Crippen LogP contribution is -2.50. The van der Waals surface area contributed by atoms with E-state index in [-0.39, 0.29) is 0 Å². The van der Waals surface area contributed by atoms with Crippen molar-refractivity contribution in [3.05, 3.63) is 29.8 Å². The molecule has 0 amide bonds. The standard InChI is InChI=1S/C12H18N4/c1-4-12(13)14-10-8-6-5-7-9(10)11(15-12)16(2)3/h5-8,14H,4,13H2,1-3H3. The van der Waals surface area contributed by atoms with Crippen molar-refractivity contribution in [3.8, 4) is 0 Å². The molecule has 86 valence electrons. The molecule has 0 saturated carbocycles. The molecule has 1 aliphatic rings. The van der Waals surface area contributed by atoms with Crippen LogP contribution in [0.2, 0.25) is 0 Å². The molecule has 1 unspecified atom stereocenters. The molecule has 4 heteroatoms. The van der Waals surface area contributed by atoms with Crippen LogP contribution in [0.4, 0.5) is 5.69 Å². The van der Waals surface area contributed by atoms with Gasteiger partial charge in [0.25, 0.3) is 0 Å². The number of rotatable bonds is 1. The van der Waals surface area contributed by atoms with Crippen LogP contribution in [0, 0.1) is 0 Å². The number of aliphatic imine (C=N–C) groups is 1. The van der Waals surface area contributed by atoms with E-state index >= 15 is 0 Å². The third kappa shape index (κ3) is 1.76. The summed E-state index contributed by atoms with van der Waals surface area (Å²) in [6.45, 7) is 2.03. The maximum atomic E-state index is 6.18. The Hall–Kier alpha value is -1.55. The maximum Gasteiger partial charge on any atom is 0.184 e. The summed E-state index contributed by atoms with van der Waals surface area (Å²) >= 11 is 0. The third-order valence-corrected chi connectivity index (χ3v) is 2.79. The van der Waals surface area contributed by atoms with Gasteiger partial charge in [0.2, 0.25) is 0 Å². The van der Waals surface area contributed by atoms with Gasteiger partial charge in [-0.05, 0) is 12.1 Å². The van der Waals surface area contributed by atoms with Gasteiger partial charge in [0, 0.05) is 31.8 Å². The van der Waals surface area contributed by atoms with E-state index in [0.717, 1.165) is 23.5 Å². The highest BCUT2D eigenvalue weighted by Crippen LogP contribution is 2.27. The lowest BCUT2D eigenvalue weighted by molar-refractivity contribution is 0.472. The second-order valence-corrected chi connectivity index (χ2v) is 4.28. The lowest BCUT2D eigenvalue weighted by atomic mass is 10.1. The van der Waals surface area contributed by atoms with E-state index < -0.39 is 5.79 Å². The van der Waals surface area contributed by atoms with Gasteiger partial charge in [-0.3, -0.25) is 5.73 Å². The Morgan fingerprint density at radius 3 is 2.69 bits per heavy atom. The van der Waals surface area contributed by atoms with Crippen molar-refractivity contribution in [1.82, 2.24) is 4.90 Å². The van der Waals surface area contributed by atoms with Gasteiger partial charge < -0.3 is 10.2 Å². The highest BCUT2D eigenvalue weighted by molar-refractivity contribution is 6.04. The summed E-state index contributed by atoms with van der Waals surface area (Å²) in [6, 6.07) is 8.09. The van der Waals surface area contributed by atoms with Gasteiger partial charge in [0.1, 0.15) is 5.84 Å². The van der Waals surface area contributed by atoms with Gasteiger partial charge in [-0.25, -0.2) is 4.99 Å². The number of anilines is 1. The Labute approximate surface area is 96.2 Å². The summed E-state index contributed by atoms with van der Waals surface area (Å²) in [4.78, 5) is 6.58. The van der Waals surface area contributed by atoms with Crippen molar-refractivity contribution >= 4 is 11.5 Å². The molecule has 4 nitrogen and oxygen atoms in total. The molecule has 3 N–H and O–H groups in total. The average molecular weight is 218 g/mol. The molecular weight excluding hydrogens is 200 g/mol. The molecule has 0 aromatic heterocycles. The summed E-state index contributed by atoms with van der Waals surface area (Å²) in [7, 11) is 3.97. The monoisotopic (exact) mass is 218 g/mol. The Balaban J connectivity index is 2.53. The minimum absolute atomic E-state index is 0.687. The lowest BCUT2D eigenvalue weighted by Gasteiger charge is -2.34. The van der Waals surface area contributed by atoms with Gasteiger partial charge >= 0.3 is 0 Å². The minimum atomic E-state index is -0.687. The molecule has 0 spiro atoms. The van der Waals surface area contributed by atoms with Crippen molar-refractivity contribution in [3.63, 3.8) is 0 Å². The summed E-state index contributed by atoms with van der Waals surface area (Å²) < 4.78 is 0. The van der Waals surface area contributed by atoms with Gasteiger partial charge in [0.05, 0.1) is 0 Å². The summed E-state index contributed by atoms with van der Waals surface area (Å²) in [5.74, 6) is 0.243. The fraction of sp³-hybridized carbons (Fsp3) is 0.417. The number of amidine groups is 1. The van der Waals surface area contributed by atoms with Crippen molar-refractivity contribution < 1.29 is 0 Å². The van der Waals surface area contributed by atoms with Crippen molar-refractivity contribution in [1.29, 1.82) is 0 Å². The van der Waals surface area contributed by atoms with E-state index in [1.807, 2.05) is 44.1 Å². The first kappa shape index (κ1) is 11.0. The summed E-state index contributed by atoms with van der Waals surface area (Å²) in [5, 5.41) is 3.27. The van der Waals surface area contributed by atoms with E-state index in [2.05, 4.69) is 16.4 Å². The van der Waals surface area contributed by atoms with Gasteiger partial charge in [-0.2, -0.15) is 0 Å². The first-order valence-corrected chi connectivity index (χ1v) is 5.49. The zero-order chi connectivity index (χ0) is 11.8. The highest BCUT2D eigenvalue weighted by Gasteiger charge is 2.29. The number of fused-ring (bicyclic) bond motifs is 1. The van der Waals surface area contributed by atoms with Crippen LogP contribution >= 0.6 is 0 Å². The predicted octanol–water partition coefficient (Wildman–Crippen LogP) is 1.44. The maximum absolute atomic E-state index is 6.18. The molecular formula is C12H18N4. The van der Waals surface area contributed by atoms with Crippen LogP contribution < -0.4 is 11.1 Å². The smallest absolute Gasteiger partial charge is 0.184 e. The number of para-hydroxylation sites is 1. The second-order valence-electron chi connectivity index (χ2n) is 4.28. The Morgan fingerprint density at radius 2 is 2.06 bits per heavy atom. The number of hydrogen-bond donors (Lipinski definition) is 2. The molecule has 0 bridgehead atoms. The van der Waals surface area contributed by atoms with E-state index in [1.165, 1.54) is 0 Å². The molecule has 1 aromatic rings. The predicted molar refractivity (Wildman–Crippen MR) is 67.5 cm³/mol. The molecule has 16 heavy (non-hydrogen) atoms. The van der Waals surface area contributed by atoms with E-state index in [0.29, 0.717) is 0 Å². The van der Waals surface area contributed by atoms with Crippen molar-refractivity contribution in [2.45, 2.75) is 19.1 Å². The molecule has 0 fully saturated rings. The van der Waals surface area contributed by atoms with Crippen LogP contribution in [-0.2, 0) is 0 Å². The quantitative estimate of drug-likeness (QED) is 0.750. The topological polar surface area (TPSA) is 53.6 Å². The first-order chi connectivity index (χ1) is 7.56. The Morgan fingerprint density at radius 1 is 1.38 bits per heavy atom. The third-order valence-electron chi connectivity index (χ3n) is 2.79. The zero-order valence-corrected chi connectivity index (χ0v) is 9.99. The van der Waals surface area contributed by atoms with Crippen LogP contribution in [0.25, 0.3) is 0 Å². The van der Waals surface area contributed by atoms with E-state index in [1.54, 1.807) is 0 Å². The van der Waals surface area contributed by atoms with E-state index in [9.17, 15) is 0 Å². The van der Waals surface area contributed by atoms with Crippen LogP contribution in [0.5, 0.6) is 0 Å². The van der Waals surface area contributed by atoms with Crippen LogP contribution in [0.1, 0.15) is 18.9 Å². The highest BCUT2D eigenvalue weighted by atomic mass is 15.3. The van der Waals surface area contributed by atoms with Gasteiger partial charge in [0.15, 0.2) is 5.79 Å². The number of benzene rings is 1. The number of nitrogens with zero attached hydrogens (tertiary/aromatic N) is 2. The Bertz CT molecular complexity index is 425. The molecule has 0 radical (unpaired) electrons. The first-order valence-electron chi connectivity index (χ1n) is 5.49. The van der Waals surface area contributed by atoms with Crippen LogP contribution in [0.15, 0.2) is 29.3 Å². The molecule has 1 aliphatic heterocycles. The molecule has 0 aliphatic carbocycles. The minimum Gasteiger partial charge on any atom is -0.362 e. The largest absolute Gasteiger partial charge is 0.362 e. The molecule has 0 saturated heterocycles. The zero-order valence-electron chi connectivity index (χ0n) is 9.99. The van der Waals surface area contributed by atoms with Crippen LogP contribution in [-0.4, -0.2) is 30.6 Å². The summed E-state index contributed by atoms with van der Waals surface area (Å²) in [5.41, 5.74) is 8.32. The fourth-order valence-electron chi connectivity index (χ4n) is 1.81. The molecule has 1 atom stereocenters. The SMILES string of the molecule is CCC1(N)N=C(N(C)C)c2ccccc2N1. The van der Waals surface area contributed by atoms with Crippen molar-refractivity contribution in [2.75, 3.05) is 19.4 Å².